The van der Waals surface area contributed by atoms with Crippen LogP contribution in [0.4, 0.5) is 0 Å². The van der Waals surface area contributed by atoms with Crippen LogP contribution in [0.1, 0.15) is 27.8 Å². The Hall–Kier alpha value is -0.266. The van der Waals surface area contributed by atoms with Gasteiger partial charge in [-0.3, -0.25) is 0 Å². The van der Waals surface area contributed by atoms with Crippen LogP contribution in [0.2, 0.25) is 0 Å². The Morgan fingerprint density at radius 2 is 1.15 bits per heavy atom. The van der Waals surface area contributed by atoms with Crippen molar-refractivity contribution in [1.82, 2.24) is 0 Å². The Morgan fingerprint density at radius 1 is 0.850 bits per heavy atom. The Bertz CT molecular complexity index is 331. The van der Waals surface area contributed by atoms with Gasteiger partial charge in [0.1, 0.15) is 0 Å². The first kappa shape index (κ1) is 28.0. The summed E-state index contributed by atoms with van der Waals surface area (Å²) in [6.45, 7) is 17.0. The van der Waals surface area contributed by atoms with Crippen molar-refractivity contribution in [2.24, 2.45) is 0 Å². The van der Waals surface area contributed by atoms with Gasteiger partial charge in [0.25, 0.3) is 0 Å². The molecule has 0 aliphatic rings. The number of hydrogen-bond acceptors (Lipinski definition) is 0. The molecule has 0 aliphatic carbocycles. The van der Waals surface area contributed by atoms with Crippen molar-refractivity contribution in [3.63, 3.8) is 0 Å². The van der Waals surface area contributed by atoms with E-state index in [1.807, 2.05) is 30.3 Å². The molecule has 0 saturated heterocycles. The summed E-state index contributed by atoms with van der Waals surface area (Å²) in [5, 5.41) is 0. The molecular weight excluding hydrogens is 323 g/mol. The molecule has 0 N–H and O–H groups in total. The molecule has 0 nitrogen and oxygen atoms in total. The molecule has 0 fully saturated rings. The summed E-state index contributed by atoms with van der Waals surface area (Å²) in [7, 11) is 0. The predicted molar refractivity (Wildman–Crippen MR) is 79.0 cm³/mol. The summed E-state index contributed by atoms with van der Waals surface area (Å²) in [5.74, 6) is 0. The van der Waals surface area contributed by atoms with Crippen LogP contribution in [-0.2, 0) is 21.7 Å². The Balaban J connectivity index is -0.000000111. The smallest absolute Gasteiger partial charge is 1.00 e. The maximum atomic E-state index is 3.00. The molecule has 20 heavy (non-hydrogen) atoms. The fraction of sp³-hybridized carbons (Fsp3) is 0.294. The van der Waals surface area contributed by atoms with Gasteiger partial charge in [-0.1, -0.05) is 34.6 Å². The standard InChI is InChI=1S/C10H15.C5H5.C2H4.2ClH.Ti/c1-6-7(2)9(4)10(5)8(6)3;1-2-4-5-3-1;1-2;;;/h1-5H3;1-5H;1-2H2;2*1H;/q2*-1;;;;+4/p-2. The second kappa shape index (κ2) is 15.1. The van der Waals surface area contributed by atoms with E-state index in [9.17, 15) is 0 Å². The van der Waals surface area contributed by atoms with Gasteiger partial charge in [-0.2, -0.15) is 46.0 Å². The van der Waals surface area contributed by atoms with Crippen LogP contribution in [0, 0.1) is 34.6 Å². The van der Waals surface area contributed by atoms with Crippen LogP contribution in [0.5, 0.6) is 0 Å². The molecule has 0 spiro atoms. The molecule has 2 rings (SSSR count). The number of halogens is 2. The molecule has 0 saturated carbocycles. The molecule has 110 valence electrons. The van der Waals surface area contributed by atoms with Gasteiger partial charge in [0.05, 0.1) is 0 Å². The van der Waals surface area contributed by atoms with Gasteiger partial charge in [-0.15, -0.1) is 13.2 Å². The van der Waals surface area contributed by atoms with E-state index in [2.05, 4.69) is 47.8 Å². The van der Waals surface area contributed by atoms with E-state index in [1.54, 1.807) is 0 Å². The summed E-state index contributed by atoms with van der Waals surface area (Å²) in [4.78, 5) is 0. The molecule has 0 aromatic heterocycles. The summed E-state index contributed by atoms with van der Waals surface area (Å²) in [6, 6.07) is 10.0. The van der Waals surface area contributed by atoms with E-state index in [0.717, 1.165) is 0 Å². The Kier molecular flexibility index (Phi) is 21.2. The maximum Gasteiger partial charge on any atom is 4.00 e. The van der Waals surface area contributed by atoms with Gasteiger partial charge in [-0.25, -0.2) is 12.1 Å². The van der Waals surface area contributed by atoms with Gasteiger partial charge >= 0.3 is 21.7 Å². The van der Waals surface area contributed by atoms with Crippen LogP contribution in [0.25, 0.3) is 0 Å². The molecular formula is C17H24Cl2Ti. The average Bonchev–Trinajstić information content (AvgIpc) is 2.99. The summed E-state index contributed by atoms with van der Waals surface area (Å²) >= 11 is 0. The van der Waals surface area contributed by atoms with E-state index in [4.69, 9.17) is 0 Å². The van der Waals surface area contributed by atoms with Crippen molar-refractivity contribution < 1.29 is 46.5 Å². The zero-order valence-corrected chi connectivity index (χ0v) is 16.1. The first-order chi connectivity index (χ1) is 8.05. The topological polar surface area (TPSA) is 0 Å². The van der Waals surface area contributed by atoms with Gasteiger partial charge in [-0.05, 0) is 0 Å². The van der Waals surface area contributed by atoms with E-state index < -0.39 is 0 Å². The largest absolute Gasteiger partial charge is 4.00 e. The Labute approximate surface area is 152 Å². The minimum absolute atomic E-state index is 0. The third kappa shape index (κ3) is 8.12. The molecule has 0 radical (unpaired) electrons. The van der Waals surface area contributed by atoms with Crippen molar-refractivity contribution >= 4 is 0 Å². The van der Waals surface area contributed by atoms with E-state index in [1.165, 1.54) is 27.8 Å². The van der Waals surface area contributed by atoms with Gasteiger partial charge in [0.2, 0.25) is 0 Å². The van der Waals surface area contributed by atoms with Crippen molar-refractivity contribution in [2.45, 2.75) is 34.6 Å². The molecule has 3 heteroatoms. The van der Waals surface area contributed by atoms with Crippen LogP contribution in [0.15, 0.2) is 43.5 Å². The zero-order chi connectivity index (χ0) is 13.4. The van der Waals surface area contributed by atoms with E-state index in [-0.39, 0.29) is 46.5 Å². The predicted octanol–water partition coefficient (Wildman–Crippen LogP) is -0.839. The second-order valence-corrected chi connectivity index (χ2v) is 4.09. The molecule has 0 atom stereocenters. The second-order valence-electron chi connectivity index (χ2n) is 4.09. The van der Waals surface area contributed by atoms with Crippen molar-refractivity contribution in [2.75, 3.05) is 0 Å². The molecule has 0 amide bonds. The molecule has 2 aromatic rings. The third-order valence-electron chi connectivity index (χ3n) is 3.37. The first-order valence-corrected chi connectivity index (χ1v) is 5.92. The molecule has 0 aliphatic heterocycles. The molecule has 0 bridgehead atoms. The Morgan fingerprint density at radius 3 is 1.25 bits per heavy atom. The fourth-order valence-electron chi connectivity index (χ4n) is 1.73. The van der Waals surface area contributed by atoms with E-state index in [0.29, 0.717) is 0 Å². The molecule has 2 aromatic carbocycles. The summed E-state index contributed by atoms with van der Waals surface area (Å²) in [6.07, 6.45) is 0. The van der Waals surface area contributed by atoms with Crippen molar-refractivity contribution in [3.05, 3.63) is 71.3 Å². The minimum atomic E-state index is 0. The normalized spacial score (nSPS) is 7.45. The fourth-order valence-corrected chi connectivity index (χ4v) is 1.73. The quantitative estimate of drug-likeness (QED) is 0.331. The third-order valence-corrected chi connectivity index (χ3v) is 3.37. The maximum absolute atomic E-state index is 3.00. The zero-order valence-electron chi connectivity index (χ0n) is 13.1. The monoisotopic (exact) mass is 346 g/mol. The van der Waals surface area contributed by atoms with Crippen molar-refractivity contribution in [3.8, 4) is 0 Å². The SMILES string of the molecule is C=C.Cc1c(C)c(C)[c-](C)c1C.[Cl-].[Cl-].[Ti+4].c1cc[cH-]c1. The summed E-state index contributed by atoms with van der Waals surface area (Å²) in [5.41, 5.74) is 7.34. The van der Waals surface area contributed by atoms with Crippen molar-refractivity contribution in [1.29, 1.82) is 0 Å². The molecule has 0 unspecified atom stereocenters. The minimum Gasteiger partial charge on any atom is -1.00 e. The summed E-state index contributed by atoms with van der Waals surface area (Å²) < 4.78 is 0. The van der Waals surface area contributed by atoms with Crippen LogP contribution >= 0.6 is 0 Å². The average molecular weight is 347 g/mol. The van der Waals surface area contributed by atoms with Crippen LogP contribution in [0.3, 0.4) is 0 Å². The van der Waals surface area contributed by atoms with E-state index >= 15 is 0 Å². The molecule has 0 heterocycles. The van der Waals surface area contributed by atoms with Gasteiger partial charge < -0.3 is 24.8 Å². The first-order valence-electron chi connectivity index (χ1n) is 5.92. The van der Waals surface area contributed by atoms with Gasteiger partial charge in [0.15, 0.2) is 0 Å². The van der Waals surface area contributed by atoms with Crippen LogP contribution < -0.4 is 24.8 Å². The van der Waals surface area contributed by atoms with Crippen LogP contribution in [-0.4, -0.2) is 0 Å². The number of rotatable bonds is 0. The number of hydrogen-bond donors (Lipinski definition) is 0. The van der Waals surface area contributed by atoms with Gasteiger partial charge in [0, 0.05) is 0 Å².